The highest BCUT2D eigenvalue weighted by molar-refractivity contribution is 8.01. The van der Waals surface area contributed by atoms with E-state index in [9.17, 15) is 29.8 Å². The number of aromatic nitrogens is 3. The lowest BCUT2D eigenvalue weighted by atomic mass is 9.81. The molecule has 3 heterocycles. The van der Waals surface area contributed by atoms with Gasteiger partial charge in [-0.05, 0) is 68.7 Å². The third kappa shape index (κ3) is 5.24. The van der Waals surface area contributed by atoms with Crippen LogP contribution in [0.25, 0.3) is 16.3 Å². The van der Waals surface area contributed by atoms with Gasteiger partial charge >= 0.3 is 0 Å². The van der Waals surface area contributed by atoms with E-state index in [0.29, 0.717) is 37.4 Å². The lowest BCUT2D eigenvalue weighted by Crippen LogP contribution is -2.30. The van der Waals surface area contributed by atoms with Crippen molar-refractivity contribution in [2.75, 3.05) is 4.90 Å². The molecule has 0 unspecified atom stereocenters. The number of benzene rings is 2. The van der Waals surface area contributed by atoms with Gasteiger partial charge in [0.2, 0.25) is 11.8 Å². The van der Waals surface area contributed by atoms with Gasteiger partial charge in [-0.25, -0.2) is 9.67 Å². The van der Waals surface area contributed by atoms with Crippen LogP contribution < -0.4 is 4.90 Å². The lowest BCUT2D eigenvalue weighted by molar-refractivity contribution is -0.387. The molecule has 6 rings (SSSR count). The molecule has 1 saturated carbocycles. The van der Waals surface area contributed by atoms with Crippen molar-refractivity contribution in [2.24, 2.45) is 11.8 Å². The molecule has 2 atom stereocenters. The molecule has 11 nitrogen and oxygen atoms in total. The van der Waals surface area contributed by atoms with Crippen molar-refractivity contribution >= 4 is 68.5 Å². The zero-order valence-corrected chi connectivity index (χ0v) is 24.8. The highest BCUT2D eigenvalue weighted by atomic mass is 32.2. The fraction of sp³-hybridized carbons (Fsp3) is 0.267. The zero-order chi connectivity index (χ0) is 30.4. The molecule has 216 valence electrons. The van der Waals surface area contributed by atoms with E-state index in [1.807, 2.05) is 6.07 Å². The lowest BCUT2D eigenvalue weighted by Gasteiger charge is -2.19. The molecule has 43 heavy (non-hydrogen) atoms. The second-order valence-electron chi connectivity index (χ2n) is 10.5. The van der Waals surface area contributed by atoms with Gasteiger partial charge in [-0.3, -0.25) is 29.4 Å². The van der Waals surface area contributed by atoms with Crippen molar-refractivity contribution in [3.8, 4) is 6.07 Å². The van der Waals surface area contributed by atoms with E-state index in [1.165, 1.54) is 28.4 Å². The predicted molar refractivity (Wildman–Crippen MR) is 161 cm³/mol. The van der Waals surface area contributed by atoms with Crippen LogP contribution in [0.15, 0.2) is 57.3 Å². The van der Waals surface area contributed by atoms with E-state index in [0.717, 1.165) is 46.8 Å². The van der Waals surface area contributed by atoms with Crippen LogP contribution in [0.3, 0.4) is 0 Å². The Morgan fingerprint density at radius 3 is 2.47 bits per heavy atom. The van der Waals surface area contributed by atoms with Crippen molar-refractivity contribution in [3.63, 3.8) is 0 Å². The molecule has 2 aromatic carbocycles. The average molecular weight is 613 g/mol. The minimum absolute atomic E-state index is 0.144. The number of carbonyl (C=O) groups excluding carboxylic acids is 3. The summed E-state index contributed by atoms with van der Waals surface area (Å²) < 4.78 is 2.42. The summed E-state index contributed by atoms with van der Waals surface area (Å²) in [5.74, 6) is -1.41. The smallest absolute Gasteiger partial charge is 0.274 e. The number of thiazole rings is 1. The van der Waals surface area contributed by atoms with Gasteiger partial charge in [-0.15, -0.1) is 11.3 Å². The number of nitriles is 1. The van der Waals surface area contributed by atoms with Crippen LogP contribution in [0.5, 0.6) is 0 Å². The van der Waals surface area contributed by atoms with Gasteiger partial charge in [-0.1, -0.05) is 30.7 Å². The van der Waals surface area contributed by atoms with Gasteiger partial charge in [0.05, 0.1) is 43.3 Å². The average Bonchev–Trinajstić information content (AvgIpc) is 3.63. The Labute approximate surface area is 254 Å². The highest BCUT2D eigenvalue weighted by Crippen LogP contribution is 2.43. The first-order chi connectivity index (χ1) is 20.6. The number of hydrogen-bond acceptors (Lipinski definition) is 10. The maximum Gasteiger partial charge on any atom is 0.289 e. The van der Waals surface area contributed by atoms with E-state index in [4.69, 9.17) is 0 Å². The molecule has 0 radical (unpaired) electrons. The predicted octanol–water partition coefficient (Wildman–Crippen LogP) is 6.10. The first-order valence-corrected chi connectivity index (χ1v) is 15.2. The SMILES string of the molecule is Cc1cc(C)n(C(=O)/C(C#N)=C/c2ccc(Sc3nc4ccc(N5C(=O)[C@@H]6CCCC[C@H]6C5=O)cc4s3)c([N+](=O)[O-])c2)n1. The van der Waals surface area contributed by atoms with E-state index in [2.05, 4.69) is 10.1 Å². The molecular formula is C30H24N6O5S2. The first-order valence-electron chi connectivity index (χ1n) is 13.6. The van der Waals surface area contributed by atoms with Crippen LogP contribution in [-0.2, 0) is 9.59 Å². The molecule has 2 aromatic heterocycles. The Morgan fingerprint density at radius 1 is 1.12 bits per heavy atom. The second-order valence-corrected chi connectivity index (χ2v) is 12.9. The molecule has 1 aliphatic heterocycles. The van der Waals surface area contributed by atoms with Crippen molar-refractivity contribution in [1.29, 1.82) is 5.26 Å². The summed E-state index contributed by atoms with van der Waals surface area (Å²) in [7, 11) is 0. The molecular weight excluding hydrogens is 589 g/mol. The molecule has 2 fully saturated rings. The molecule has 2 amide bonds. The summed E-state index contributed by atoms with van der Waals surface area (Å²) in [4.78, 5) is 56.7. The maximum absolute atomic E-state index is 13.1. The Bertz CT molecular complexity index is 1900. The number of nitrogens with zero attached hydrogens (tertiary/aromatic N) is 6. The zero-order valence-electron chi connectivity index (χ0n) is 23.1. The number of aryl methyl sites for hydroxylation is 2. The van der Waals surface area contributed by atoms with Crippen molar-refractivity contribution in [1.82, 2.24) is 14.8 Å². The largest absolute Gasteiger partial charge is 0.289 e. The van der Waals surface area contributed by atoms with E-state index in [-0.39, 0.29) is 34.9 Å². The minimum atomic E-state index is -0.626. The van der Waals surface area contributed by atoms with Gasteiger partial charge in [0, 0.05) is 11.8 Å². The topological polar surface area (TPSA) is 152 Å². The summed E-state index contributed by atoms with van der Waals surface area (Å²) in [5.41, 5.74) is 2.27. The van der Waals surface area contributed by atoms with Crippen LogP contribution in [0.4, 0.5) is 11.4 Å². The molecule has 0 bridgehead atoms. The normalized spacial score (nSPS) is 18.6. The van der Waals surface area contributed by atoms with Crippen molar-refractivity contribution in [3.05, 3.63) is 75.1 Å². The van der Waals surface area contributed by atoms with E-state index >= 15 is 0 Å². The number of nitro benzene ring substituents is 1. The third-order valence-electron chi connectivity index (χ3n) is 7.69. The number of amides is 2. The molecule has 13 heteroatoms. The summed E-state index contributed by atoms with van der Waals surface area (Å²) >= 11 is 2.42. The summed E-state index contributed by atoms with van der Waals surface area (Å²) in [6.07, 6.45) is 4.68. The Hall–Kier alpha value is -4.67. The Balaban J connectivity index is 1.26. The highest BCUT2D eigenvalue weighted by Gasteiger charge is 2.48. The number of hydrogen-bond donors (Lipinski definition) is 0. The number of fused-ring (bicyclic) bond motifs is 2. The Morgan fingerprint density at radius 2 is 1.84 bits per heavy atom. The number of carbonyl (C=O) groups is 3. The molecule has 1 saturated heterocycles. The molecule has 0 N–H and O–H groups in total. The summed E-state index contributed by atoms with van der Waals surface area (Å²) in [6.45, 7) is 3.43. The number of imide groups is 1. The standard InChI is InChI=1S/C30H24N6O5S2/c1-16-11-17(2)35(33-16)27(37)19(15-31)12-18-7-10-25(24(13-18)36(40)41)42-30-32-23-9-8-20(14-26(23)43-30)34-28(38)21-5-3-4-6-22(21)29(34)39/h7-14,21-22H,3-6H2,1-2H3/b19-12+/t21-,22-/m1/s1. The van der Waals surface area contributed by atoms with Gasteiger partial charge in [0.25, 0.3) is 11.6 Å². The maximum atomic E-state index is 13.1. The number of anilines is 1. The van der Waals surface area contributed by atoms with Gasteiger partial charge in [0.15, 0.2) is 4.34 Å². The summed E-state index contributed by atoms with van der Waals surface area (Å²) in [5, 5.41) is 25.7. The van der Waals surface area contributed by atoms with Gasteiger partial charge in [-0.2, -0.15) is 10.4 Å². The number of rotatable bonds is 6. The molecule has 2 aliphatic rings. The monoisotopic (exact) mass is 612 g/mol. The first kappa shape index (κ1) is 28.4. The minimum Gasteiger partial charge on any atom is -0.274 e. The molecule has 4 aromatic rings. The van der Waals surface area contributed by atoms with E-state index < -0.39 is 10.8 Å². The van der Waals surface area contributed by atoms with Crippen LogP contribution in [0.1, 0.15) is 47.4 Å². The van der Waals surface area contributed by atoms with Crippen molar-refractivity contribution in [2.45, 2.75) is 48.8 Å². The van der Waals surface area contributed by atoms with Gasteiger partial charge in [0.1, 0.15) is 11.6 Å². The van der Waals surface area contributed by atoms with Crippen LogP contribution >= 0.6 is 23.1 Å². The molecule has 0 spiro atoms. The summed E-state index contributed by atoms with van der Waals surface area (Å²) in [6, 6.07) is 13.3. The van der Waals surface area contributed by atoms with Crippen LogP contribution in [0, 0.1) is 47.1 Å². The van der Waals surface area contributed by atoms with E-state index in [1.54, 1.807) is 50.2 Å². The van der Waals surface area contributed by atoms with Crippen LogP contribution in [0.2, 0.25) is 0 Å². The van der Waals surface area contributed by atoms with Crippen LogP contribution in [-0.4, -0.2) is 37.4 Å². The molecule has 1 aliphatic carbocycles. The van der Waals surface area contributed by atoms with Crippen molar-refractivity contribution < 1.29 is 19.3 Å². The Kier molecular flexibility index (Phi) is 7.41. The van der Waals surface area contributed by atoms with Gasteiger partial charge < -0.3 is 0 Å². The number of nitro groups is 1. The fourth-order valence-electron chi connectivity index (χ4n) is 5.70. The second kappa shape index (κ2) is 11.2. The fourth-order valence-corrected chi connectivity index (χ4v) is 7.84. The quantitative estimate of drug-likeness (QED) is 0.0827. The number of allylic oxidation sites excluding steroid dienone is 1. The third-order valence-corrected chi connectivity index (χ3v) is 9.84.